The second-order valence-electron chi connectivity index (χ2n) is 8.62. The van der Waals surface area contributed by atoms with Crippen LogP contribution in [-0.2, 0) is 9.84 Å². The summed E-state index contributed by atoms with van der Waals surface area (Å²) in [6.07, 6.45) is 8.12. The van der Waals surface area contributed by atoms with Crippen LogP contribution in [0, 0.1) is 6.92 Å². The van der Waals surface area contributed by atoms with Crippen LogP contribution in [0.1, 0.15) is 24.4 Å². The van der Waals surface area contributed by atoms with Gasteiger partial charge in [-0.1, -0.05) is 0 Å². The normalized spacial score (nSPS) is 13.9. The Labute approximate surface area is 201 Å². The van der Waals surface area contributed by atoms with Crippen molar-refractivity contribution < 1.29 is 13.2 Å². The molecular weight excluding hydrogens is 466 g/mol. The Balaban J connectivity index is 1.26. The van der Waals surface area contributed by atoms with Crippen molar-refractivity contribution in [3.05, 3.63) is 60.8 Å². The molecule has 10 nitrogen and oxygen atoms in total. The molecule has 0 unspecified atom stereocenters. The molecule has 35 heavy (non-hydrogen) atoms. The van der Waals surface area contributed by atoms with Crippen LogP contribution in [0.25, 0.3) is 22.1 Å². The van der Waals surface area contributed by atoms with Gasteiger partial charge in [-0.15, -0.1) is 0 Å². The number of sulfone groups is 1. The molecule has 0 saturated heterocycles. The van der Waals surface area contributed by atoms with Crippen molar-refractivity contribution in [2.24, 2.45) is 0 Å². The molecule has 176 valence electrons. The minimum absolute atomic E-state index is 0.276. The quantitative estimate of drug-likeness (QED) is 0.348. The number of aromatic nitrogens is 6. The van der Waals surface area contributed by atoms with Gasteiger partial charge in [-0.2, -0.15) is 0 Å². The van der Waals surface area contributed by atoms with Crippen molar-refractivity contribution in [1.29, 1.82) is 0 Å². The molecule has 6 rings (SSSR count). The van der Waals surface area contributed by atoms with Gasteiger partial charge in [0.15, 0.2) is 5.82 Å². The van der Waals surface area contributed by atoms with Gasteiger partial charge in [0, 0.05) is 24.1 Å². The maximum absolute atomic E-state index is 11.9. The van der Waals surface area contributed by atoms with Gasteiger partial charge in [-0.3, -0.25) is 0 Å². The molecule has 0 radical (unpaired) electrons. The van der Waals surface area contributed by atoms with Gasteiger partial charge in [-0.25, -0.2) is 33.3 Å². The smallest absolute Gasteiger partial charge is 0.247 e. The summed E-state index contributed by atoms with van der Waals surface area (Å²) in [5, 5.41) is 2.92. The lowest BCUT2D eigenvalue weighted by Gasteiger charge is -2.12. The summed E-state index contributed by atoms with van der Waals surface area (Å²) in [6, 6.07) is 12.2. The van der Waals surface area contributed by atoms with Crippen LogP contribution in [0.15, 0.2) is 60.4 Å². The Morgan fingerprint density at radius 3 is 2.66 bits per heavy atom. The standard InChI is InChI=1S/C24H21N7O3S/c1-14-9-15(29-23-22-19(26-12-27-23)11-25-24(30-22)35(2,32)33)3-8-21(14)34-17-6-7-20-18(10-17)28-13-31(20)16-4-5-16/h3,6-13,16H,4-5H2,1-2H3,(H,26,27,29). The number of rotatable bonds is 6. The molecule has 0 amide bonds. The number of hydrogen-bond acceptors (Lipinski definition) is 9. The van der Waals surface area contributed by atoms with E-state index in [0.717, 1.165) is 28.5 Å². The Hall–Kier alpha value is -4.12. The van der Waals surface area contributed by atoms with Gasteiger partial charge >= 0.3 is 0 Å². The Morgan fingerprint density at radius 2 is 1.89 bits per heavy atom. The number of imidazole rings is 1. The third kappa shape index (κ3) is 4.14. The lowest BCUT2D eigenvalue weighted by Crippen LogP contribution is -2.06. The van der Waals surface area contributed by atoms with Gasteiger partial charge < -0.3 is 14.6 Å². The number of nitrogens with one attached hydrogen (secondary N) is 1. The van der Waals surface area contributed by atoms with Crippen LogP contribution in [0.4, 0.5) is 11.5 Å². The molecule has 2 aromatic carbocycles. The molecule has 1 saturated carbocycles. The van der Waals surface area contributed by atoms with E-state index in [-0.39, 0.29) is 5.16 Å². The largest absolute Gasteiger partial charge is 0.457 e. The molecule has 0 atom stereocenters. The van der Waals surface area contributed by atoms with E-state index in [9.17, 15) is 8.42 Å². The fraction of sp³-hybridized carbons (Fsp3) is 0.208. The summed E-state index contributed by atoms with van der Waals surface area (Å²) >= 11 is 0. The lowest BCUT2D eigenvalue weighted by atomic mass is 10.2. The molecule has 1 fully saturated rings. The Kier molecular flexibility index (Phi) is 4.88. The second kappa shape index (κ2) is 7.98. The summed E-state index contributed by atoms with van der Waals surface area (Å²) in [7, 11) is -3.57. The number of nitrogens with zero attached hydrogens (tertiary/aromatic N) is 6. The molecule has 1 aliphatic carbocycles. The van der Waals surface area contributed by atoms with Gasteiger partial charge in [-0.05, 0) is 55.7 Å². The summed E-state index contributed by atoms with van der Waals surface area (Å²) < 4.78 is 32.1. The van der Waals surface area contributed by atoms with Crippen LogP contribution in [0.3, 0.4) is 0 Å². The van der Waals surface area contributed by atoms with Gasteiger partial charge in [0.05, 0.1) is 23.6 Å². The number of hydrogen-bond donors (Lipinski definition) is 1. The minimum Gasteiger partial charge on any atom is -0.457 e. The van der Waals surface area contributed by atoms with Crippen molar-refractivity contribution in [3.63, 3.8) is 0 Å². The van der Waals surface area contributed by atoms with E-state index in [1.54, 1.807) is 0 Å². The summed E-state index contributed by atoms with van der Waals surface area (Å²) in [5.74, 6) is 1.81. The number of anilines is 2. The fourth-order valence-electron chi connectivity index (χ4n) is 3.93. The highest BCUT2D eigenvalue weighted by molar-refractivity contribution is 7.90. The van der Waals surface area contributed by atoms with Crippen molar-refractivity contribution in [3.8, 4) is 11.5 Å². The highest BCUT2D eigenvalue weighted by Crippen LogP contribution is 2.38. The molecule has 1 N–H and O–H groups in total. The fourth-order valence-corrected chi connectivity index (χ4v) is 4.43. The third-order valence-electron chi connectivity index (χ3n) is 5.84. The summed E-state index contributed by atoms with van der Waals surface area (Å²) in [6.45, 7) is 1.95. The van der Waals surface area contributed by atoms with E-state index in [2.05, 4.69) is 34.8 Å². The number of benzene rings is 2. The first kappa shape index (κ1) is 21.4. The molecular formula is C24H21N7O3S. The van der Waals surface area contributed by atoms with E-state index in [4.69, 9.17) is 4.74 Å². The molecule has 3 heterocycles. The van der Waals surface area contributed by atoms with Crippen LogP contribution in [0.5, 0.6) is 11.5 Å². The van der Waals surface area contributed by atoms with Crippen molar-refractivity contribution in [2.45, 2.75) is 31.0 Å². The zero-order valence-corrected chi connectivity index (χ0v) is 19.8. The first-order valence-corrected chi connectivity index (χ1v) is 12.9. The number of aryl methyl sites for hydroxylation is 1. The maximum Gasteiger partial charge on any atom is 0.247 e. The molecule has 1 aliphatic rings. The van der Waals surface area contributed by atoms with E-state index < -0.39 is 9.84 Å². The zero-order valence-electron chi connectivity index (χ0n) is 19.0. The van der Waals surface area contributed by atoms with Crippen LogP contribution >= 0.6 is 0 Å². The highest BCUT2D eigenvalue weighted by atomic mass is 32.2. The predicted molar refractivity (Wildman–Crippen MR) is 131 cm³/mol. The van der Waals surface area contributed by atoms with Gasteiger partial charge in [0.1, 0.15) is 28.9 Å². The molecule has 11 heteroatoms. The first-order valence-electron chi connectivity index (χ1n) is 11.0. The monoisotopic (exact) mass is 487 g/mol. The second-order valence-corrected chi connectivity index (χ2v) is 10.5. The number of ether oxygens (including phenoxy) is 1. The average molecular weight is 488 g/mol. The third-order valence-corrected chi connectivity index (χ3v) is 6.70. The van der Waals surface area contributed by atoms with Crippen LogP contribution in [0.2, 0.25) is 0 Å². The van der Waals surface area contributed by atoms with Crippen molar-refractivity contribution >= 4 is 43.4 Å². The molecule has 0 spiro atoms. The highest BCUT2D eigenvalue weighted by Gasteiger charge is 2.25. The Bertz CT molecular complexity index is 1710. The minimum atomic E-state index is -3.57. The van der Waals surface area contributed by atoms with Crippen LogP contribution < -0.4 is 10.1 Å². The average Bonchev–Trinajstić information content (AvgIpc) is 3.59. The lowest BCUT2D eigenvalue weighted by molar-refractivity contribution is 0.479. The topological polar surface area (TPSA) is 125 Å². The maximum atomic E-state index is 11.9. The molecule has 3 aromatic heterocycles. The summed E-state index contributed by atoms with van der Waals surface area (Å²) in [4.78, 5) is 20.9. The van der Waals surface area contributed by atoms with Gasteiger partial charge in [0.2, 0.25) is 15.0 Å². The van der Waals surface area contributed by atoms with Crippen molar-refractivity contribution in [2.75, 3.05) is 11.6 Å². The van der Waals surface area contributed by atoms with Crippen LogP contribution in [-0.4, -0.2) is 44.2 Å². The molecule has 0 bridgehead atoms. The van der Waals surface area contributed by atoms with E-state index in [1.165, 1.54) is 25.4 Å². The van der Waals surface area contributed by atoms with E-state index in [0.29, 0.717) is 34.4 Å². The van der Waals surface area contributed by atoms with E-state index >= 15 is 0 Å². The molecule has 5 aromatic rings. The predicted octanol–water partition coefficient (Wildman–Crippen LogP) is 4.35. The van der Waals surface area contributed by atoms with Crippen molar-refractivity contribution in [1.82, 2.24) is 29.5 Å². The van der Waals surface area contributed by atoms with E-state index in [1.807, 2.05) is 49.6 Å². The summed E-state index contributed by atoms with van der Waals surface area (Å²) in [5.41, 5.74) is 4.44. The Morgan fingerprint density at radius 1 is 1.03 bits per heavy atom. The zero-order chi connectivity index (χ0) is 24.2. The molecule has 0 aliphatic heterocycles. The van der Waals surface area contributed by atoms with Gasteiger partial charge in [0.25, 0.3) is 0 Å². The first-order chi connectivity index (χ1) is 16.8. The number of fused-ring (bicyclic) bond motifs is 2. The SMILES string of the molecule is Cc1cc(Nc2ncnc3cnc(S(C)(=O)=O)nc23)ccc1Oc1ccc2c(c1)ncn2C1CC1.